The SMILES string of the molecule is C1CCC2(CC1)CCCC2.C=C(C)C(=O)O.C=C(C)C(=O)O. The molecule has 2 aliphatic carbocycles. The zero-order valence-corrected chi connectivity index (χ0v) is 14.0. The standard InChI is InChI=1S/C10H18.2C4H6O2/c1-2-6-10(7-3-1)8-4-5-9-10;2*1-3(2)4(5)6/h1-9H2;2*1H2,2H3,(H,5,6). The Morgan fingerprint density at radius 2 is 0.955 bits per heavy atom. The van der Waals surface area contributed by atoms with Gasteiger partial charge in [-0.05, 0) is 44.9 Å². The molecular weight excluding hydrogens is 280 g/mol. The summed E-state index contributed by atoms with van der Waals surface area (Å²) in [7, 11) is 0. The van der Waals surface area contributed by atoms with Crippen LogP contribution in [-0.2, 0) is 9.59 Å². The first-order valence-corrected chi connectivity index (χ1v) is 7.98. The molecule has 0 bridgehead atoms. The number of carboxylic acid groups (broad SMARTS) is 2. The van der Waals surface area contributed by atoms with E-state index in [4.69, 9.17) is 10.2 Å². The lowest BCUT2D eigenvalue weighted by Crippen LogP contribution is -2.19. The fraction of sp³-hybridized carbons (Fsp3) is 0.667. The van der Waals surface area contributed by atoms with Gasteiger partial charge >= 0.3 is 11.9 Å². The fourth-order valence-electron chi connectivity index (χ4n) is 2.93. The Kier molecular flexibility index (Phi) is 9.46. The predicted octanol–water partition coefficient (Wildman–Crippen LogP) is 4.81. The van der Waals surface area contributed by atoms with E-state index in [0.29, 0.717) is 0 Å². The Bertz CT molecular complexity index is 347. The number of hydrogen-bond donors (Lipinski definition) is 2. The average Bonchev–Trinajstić information content (AvgIpc) is 2.88. The van der Waals surface area contributed by atoms with Crippen LogP contribution >= 0.6 is 0 Å². The molecule has 0 unspecified atom stereocenters. The smallest absolute Gasteiger partial charge is 0.330 e. The number of carboxylic acids is 2. The first-order valence-electron chi connectivity index (χ1n) is 7.98. The third-order valence-electron chi connectivity index (χ3n) is 4.31. The molecule has 126 valence electrons. The van der Waals surface area contributed by atoms with Crippen LogP contribution in [0.4, 0.5) is 0 Å². The second-order valence-electron chi connectivity index (χ2n) is 6.44. The summed E-state index contributed by atoms with van der Waals surface area (Å²) < 4.78 is 0. The first-order chi connectivity index (χ1) is 10.2. The third-order valence-corrected chi connectivity index (χ3v) is 4.31. The minimum atomic E-state index is -0.935. The van der Waals surface area contributed by atoms with Crippen LogP contribution in [0, 0.1) is 5.41 Å². The highest BCUT2D eigenvalue weighted by molar-refractivity contribution is 5.85. The van der Waals surface area contributed by atoms with Crippen LogP contribution in [0.1, 0.15) is 71.6 Å². The number of hydrogen-bond acceptors (Lipinski definition) is 2. The van der Waals surface area contributed by atoms with E-state index < -0.39 is 11.9 Å². The van der Waals surface area contributed by atoms with Crippen molar-refractivity contribution in [2.75, 3.05) is 0 Å². The van der Waals surface area contributed by atoms with Crippen molar-refractivity contribution in [2.45, 2.75) is 71.6 Å². The van der Waals surface area contributed by atoms with E-state index in [-0.39, 0.29) is 11.1 Å². The topological polar surface area (TPSA) is 74.6 Å². The highest BCUT2D eigenvalue weighted by Gasteiger charge is 2.34. The molecule has 0 atom stereocenters. The average molecular weight is 310 g/mol. The van der Waals surface area contributed by atoms with Gasteiger partial charge in [-0.3, -0.25) is 0 Å². The summed E-state index contributed by atoms with van der Waals surface area (Å²) in [6.45, 7) is 9.20. The largest absolute Gasteiger partial charge is 0.478 e. The summed E-state index contributed by atoms with van der Waals surface area (Å²) in [5.41, 5.74) is 1.23. The molecule has 1 spiro atoms. The van der Waals surface area contributed by atoms with E-state index in [1.54, 1.807) is 25.7 Å². The molecule has 0 amide bonds. The van der Waals surface area contributed by atoms with E-state index in [1.165, 1.54) is 46.0 Å². The van der Waals surface area contributed by atoms with E-state index in [0.717, 1.165) is 5.41 Å². The minimum Gasteiger partial charge on any atom is -0.478 e. The molecule has 2 fully saturated rings. The van der Waals surface area contributed by atoms with Crippen LogP contribution in [-0.4, -0.2) is 22.2 Å². The van der Waals surface area contributed by atoms with E-state index >= 15 is 0 Å². The number of rotatable bonds is 2. The molecule has 2 aliphatic rings. The summed E-state index contributed by atoms with van der Waals surface area (Å²) in [5.74, 6) is -1.87. The van der Waals surface area contributed by atoms with Crippen LogP contribution < -0.4 is 0 Å². The normalized spacial score (nSPS) is 18.3. The Labute approximate surface area is 133 Å². The molecular formula is C18H30O4. The maximum absolute atomic E-state index is 9.60. The molecule has 0 saturated heterocycles. The van der Waals surface area contributed by atoms with Gasteiger partial charge in [0.1, 0.15) is 0 Å². The van der Waals surface area contributed by atoms with Gasteiger partial charge in [0.15, 0.2) is 0 Å². The molecule has 4 nitrogen and oxygen atoms in total. The lowest BCUT2D eigenvalue weighted by molar-refractivity contribution is -0.133. The molecule has 22 heavy (non-hydrogen) atoms. The van der Waals surface area contributed by atoms with Gasteiger partial charge in [-0.1, -0.05) is 45.3 Å². The van der Waals surface area contributed by atoms with Crippen molar-refractivity contribution in [1.29, 1.82) is 0 Å². The van der Waals surface area contributed by atoms with Crippen LogP contribution in [0.5, 0.6) is 0 Å². The molecule has 4 heteroatoms. The lowest BCUT2D eigenvalue weighted by atomic mass is 9.73. The molecule has 2 N–H and O–H groups in total. The Hall–Kier alpha value is -1.58. The van der Waals surface area contributed by atoms with Crippen molar-refractivity contribution in [3.63, 3.8) is 0 Å². The van der Waals surface area contributed by atoms with Crippen LogP contribution in [0.3, 0.4) is 0 Å². The van der Waals surface area contributed by atoms with Crippen molar-refractivity contribution < 1.29 is 19.8 Å². The molecule has 2 saturated carbocycles. The summed E-state index contributed by atoms with van der Waals surface area (Å²) in [6, 6.07) is 0. The number of carbonyl (C=O) groups is 2. The maximum Gasteiger partial charge on any atom is 0.330 e. The van der Waals surface area contributed by atoms with Crippen molar-refractivity contribution in [3.8, 4) is 0 Å². The van der Waals surface area contributed by atoms with E-state index in [9.17, 15) is 9.59 Å². The fourth-order valence-corrected chi connectivity index (χ4v) is 2.93. The molecule has 0 aromatic carbocycles. The highest BCUT2D eigenvalue weighted by Crippen LogP contribution is 2.48. The molecule has 0 aromatic rings. The molecule has 0 radical (unpaired) electrons. The van der Waals surface area contributed by atoms with Crippen LogP contribution in [0.15, 0.2) is 24.3 Å². The van der Waals surface area contributed by atoms with Gasteiger partial charge < -0.3 is 10.2 Å². The molecule has 2 rings (SSSR count). The van der Waals surface area contributed by atoms with Crippen LogP contribution in [0.2, 0.25) is 0 Å². The van der Waals surface area contributed by atoms with Gasteiger partial charge in [0, 0.05) is 11.1 Å². The van der Waals surface area contributed by atoms with Crippen molar-refractivity contribution in [2.24, 2.45) is 5.41 Å². The molecule has 0 aliphatic heterocycles. The summed E-state index contributed by atoms with van der Waals surface area (Å²) >= 11 is 0. The maximum atomic E-state index is 9.60. The second kappa shape index (κ2) is 10.2. The van der Waals surface area contributed by atoms with Gasteiger partial charge in [0.2, 0.25) is 0 Å². The predicted molar refractivity (Wildman–Crippen MR) is 88.9 cm³/mol. The Morgan fingerprint density at radius 3 is 1.18 bits per heavy atom. The van der Waals surface area contributed by atoms with E-state index in [2.05, 4.69) is 13.2 Å². The van der Waals surface area contributed by atoms with Gasteiger partial charge in [-0.2, -0.15) is 0 Å². The lowest BCUT2D eigenvalue weighted by Gasteiger charge is -2.32. The second-order valence-corrected chi connectivity index (χ2v) is 6.44. The van der Waals surface area contributed by atoms with Crippen LogP contribution in [0.25, 0.3) is 0 Å². The van der Waals surface area contributed by atoms with Gasteiger partial charge in [-0.15, -0.1) is 0 Å². The zero-order valence-electron chi connectivity index (χ0n) is 14.0. The summed E-state index contributed by atoms with van der Waals surface area (Å²) in [4.78, 5) is 19.2. The van der Waals surface area contributed by atoms with E-state index in [1.807, 2.05) is 0 Å². The summed E-state index contributed by atoms with van der Waals surface area (Å²) in [6.07, 6.45) is 13.9. The third kappa shape index (κ3) is 8.65. The zero-order chi connectivity index (χ0) is 17.2. The molecule has 0 heterocycles. The Balaban J connectivity index is 0.000000324. The molecule has 0 aromatic heterocycles. The van der Waals surface area contributed by atoms with Gasteiger partial charge in [0.25, 0.3) is 0 Å². The van der Waals surface area contributed by atoms with Crippen molar-refractivity contribution in [1.82, 2.24) is 0 Å². The van der Waals surface area contributed by atoms with Gasteiger partial charge in [0.05, 0.1) is 0 Å². The minimum absolute atomic E-state index is 0.176. The van der Waals surface area contributed by atoms with Crippen molar-refractivity contribution in [3.05, 3.63) is 24.3 Å². The number of aliphatic carboxylic acids is 2. The van der Waals surface area contributed by atoms with Crippen molar-refractivity contribution >= 4 is 11.9 Å². The monoisotopic (exact) mass is 310 g/mol. The van der Waals surface area contributed by atoms with Gasteiger partial charge in [-0.25, -0.2) is 9.59 Å². The highest BCUT2D eigenvalue weighted by atomic mass is 16.4. The Morgan fingerprint density at radius 1 is 0.727 bits per heavy atom. The first kappa shape index (κ1) is 20.4. The summed E-state index contributed by atoms with van der Waals surface area (Å²) in [5, 5.41) is 15.8. The quantitative estimate of drug-likeness (QED) is 0.718.